The molecule has 162 valence electrons. The van der Waals surface area contributed by atoms with Gasteiger partial charge in [-0.05, 0) is 74.7 Å². The lowest BCUT2D eigenvalue weighted by Crippen LogP contribution is -2.36. The second kappa shape index (κ2) is 8.79. The van der Waals surface area contributed by atoms with Crippen LogP contribution in [-0.4, -0.2) is 56.8 Å². The van der Waals surface area contributed by atoms with Crippen LogP contribution in [0.2, 0.25) is 0 Å². The molecule has 2 saturated heterocycles. The summed E-state index contributed by atoms with van der Waals surface area (Å²) >= 11 is 0. The van der Waals surface area contributed by atoms with Crippen LogP contribution >= 0.6 is 0 Å². The van der Waals surface area contributed by atoms with Crippen molar-refractivity contribution in [2.45, 2.75) is 51.5 Å². The van der Waals surface area contributed by atoms with Gasteiger partial charge in [0.1, 0.15) is 5.82 Å². The predicted octanol–water partition coefficient (Wildman–Crippen LogP) is 4.27. The molecule has 2 aliphatic rings. The standard InChI is InChI=1S/C25H31N5O/c1-18-22(25(31)30-12-3-2-4-13-30)15-27-24(28-18)21-6-5-11-29(17-21)16-19-7-8-23-20(14-19)9-10-26-23/h7-10,14-15,21,26H,2-6,11-13,16-17H2,1H3. The number of likely N-dealkylation sites (tertiary alicyclic amines) is 2. The van der Waals surface area contributed by atoms with Crippen LogP contribution in [-0.2, 0) is 6.54 Å². The number of hydrogen-bond donors (Lipinski definition) is 1. The number of aromatic nitrogens is 3. The maximum atomic E-state index is 12.9. The van der Waals surface area contributed by atoms with Gasteiger partial charge in [0.15, 0.2) is 0 Å². The van der Waals surface area contributed by atoms with Gasteiger partial charge in [0.05, 0.1) is 11.3 Å². The maximum Gasteiger partial charge on any atom is 0.257 e. The molecule has 1 N–H and O–H groups in total. The molecule has 2 fully saturated rings. The molecule has 2 aromatic heterocycles. The first-order chi connectivity index (χ1) is 15.2. The number of aryl methyl sites for hydroxylation is 1. The minimum Gasteiger partial charge on any atom is -0.361 e. The number of amides is 1. The molecular weight excluding hydrogens is 386 g/mol. The Kier molecular flexibility index (Phi) is 5.72. The Bertz CT molecular complexity index is 1070. The molecule has 1 atom stereocenters. The molecule has 2 aliphatic heterocycles. The van der Waals surface area contributed by atoms with Crippen molar-refractivity contribution in [3.05, 3.63) is 59.3 Å². The first kappa shape index (κ1) is 20.2. The highest BCUT2D eigenvalue weighted by Gasteiger charge is 2.26. The number of rotatable bonds is 4. The zero-order chi connectivity index (χ0) is 21.2. The summed E-state index contributed by atoms with van der Waals surface area (Å²) in [4.78, 5) is 30.1. The van der Waals surface area contributed by atoms with Crippen LogP contribution in [0.1, 0.15) is 65.5 Å². The topological polar surface area (TPSA) is 65.1 Å². The summed E-state index contributed by atoms with van der Waals surface area (Å²) in [6.45, 7) is 6.67. The number of carbonyl (C=O) groups is 1. The van der Waals surface area contributed by atoms with Gasteiger partial charge in [0.2, 0.25) is 0 Å². The van der Waals surface area contributed by atoms with Crippen LogP contribution in [0.5, 0.6) is 0 Å². The first-order valence-corrected chi connectivity index (χ1v) is 11.6. The largest absolute Gasteiger partial charge is 0.361 e. The molecule has 5 rings (SSSR count). The van der Waals surface area contributed by atoms with Gasteiger partial charge in [-0.2, -0.15) is 0 Å². The number of nitrogens with one attached hydrogen (secondary N) is 1. The van der Waals surface area contributed by atoms with Gasteiger partial charge in [-0.3, -0.25) is 9.69 Å². The molecule has 0 radical (unpaired) electrons. The molecule has 0 bridgehead atoms. The third kappa shape index (κ3) is 4.35. The fourth-order valence-electron chi connectivity index (χ4n) is 5.03. The quantitative estimate of drug-likeness (QED) is 0.688. The monoisotopic (exact) mass is 417 g/mol. The fourth-order valence-corrected chi connectivity index (χ4v) is 5.03. The molecule has 3 aromatic rings. The van der Waals surface area contributed by atoms with E-state index in [1.54, 1.807) is 6.20 Å². The Balaban J connectivity index is 1.27. The molecule has 0 saturated carbocycles. The Hall–Kier alpha value is -2.73. The van der Waals surface area contributed by atoms with Crippen molar-refractivity contribution >= 4 is 16.8 Å². The molecule has 1 aromatic carbocycles. The average molecular weight is 418 g/mol. The summed E-state index contributed by atoms with van der Waals surface area (Å²) in [6, 6.07) is 8.78. The maximum absolute atomic E-state index is 12.9. The molecule has 6 heteroatoms. The Morgan fingerprint density at radius 3 is 2.84 bits per heavy atom. The van der Waals surface area contributed by atoms with Crippen molar-refractivity contribution in [2.75, 3.05) is 26.2 Å². The summed E-state index contributed by atoms with van der Waals surface area (Å²) < 4.78 is 0. The number of nitrogens with zero attached hydrogens (tertiary/aromatic N) is 4. The van der Waals surface area contributed by atoms with E-state index >= 15 is 0 Å². The summed E-state index contributed by atoms with van der Waals surface area (Å²) in [5, 5.41) is 1.26. The van der Waals surface area contributed by atoms with E-state index in [1.165, 1.54) is 22.9 Å². The van der Waals surface area contributed by atoms with Crippen LogP contribution in [0.3, 0.4) is 0 Å². The van der Waals surface area contributed by atoms with E-state index in [-0.39, 0.29) is 5.91 Å². The first-order valence-electron chi connectivity index (χ1n) is 11.6. The highest BCUT2D eigenvalue weighted by Crippen LogP contribution is 2.27. The zero-order valence-electron chi connectivity index (χ0n) is 18.3. The minimum absolute atomic E-state index is 0.0918. The van der Waals surface area contributed by atoms with Crippen LogP contribution < -0.4 is 0 Å². The number of piperidine rings is 2. The van der Waals surface area contributed by atoms with Crippen LogP contribution in [0.15, 0.2) is 36.7 Å². The van der Waals surface area contributed by atoms with Gasteiger partial charge in [0, 0.05) is 50.0 Å². The number of aromatic amines is 1. The highest BCUT2D eigenvalue weighted by atomic mass is 16.2. The van der Waals surface area contributed by atoms with Gasteiger partial charge in [-0.15, -0.1) is 0 Å². The minimum atomic E-state index is 0.0918. The molecule has 0 spiro atoms. The van der Waals surface area contributed by atoms with E-state index < -0.39 is 0 Å². The van der Waals surface area contributed by atoms with Crippen LogP contribution in [0.25, 0.3) is 10.9 Å². The van der Waals surface area contributed by atoms with E-state index in [1.807, 2.05) is 18.0 Å². The molecule has 1 unspecified atom stereocenters. The normalized spacial score (nSPS) is 20.3. The highest BCUT2D eigenvalue weighted by molar-refractivity contribution is 5.95. The smallest absolute Gasteiger partial charge is 0.257 e. The summed E-state index contributed by atoms with van der Waals surface area (Å²) in [5.41, 5.74) is 4.00. The van der Waals surface area contributed by atoms with E-state index in [4.69, 9.17) is 4.98 Å². The van der Waals surface area contributed by atoms with Gasteiger partial charge >= 0.3 is 0 Å². The van der Waals surface area contributed by atoms with Gasteiger partial charge in [-0.1, -0.05) is 6.07 Å². The zero-order valence-corrected chi connectivity index (χ0v) is 18.3. The molecule has 6 nitrogen and oxygen atoms in total. The van der Waals surface area contributed by atoms with Crippen molar-refractivity contribution in [2.24, 2.45) is 0 Å². The number of benzene rings is 1. The number of fused-ring (bicyclic) bond motifs is 1. The van der Waals surface area contributed by atoms with Gasteiger partial charge in [-0.25, -0.2) is 9.97 Å². The summed E-state index contributed by atoms with van der Waals surface area (Å²) in [6.07, 6.45) is 9.42. The third-order valence-electron chi connectivity index (χ3n) is 6.77. The summed E-state index contributed by atoms with van der Waals surface area (Å²) in [7, 11) is 0. The van der Waals surface area contributed by atoms with Gasteiger partial charge in [0.25, 0.3) is 5.91 Å². The SMILES string of the molecule is Cc1nc(C2CCCN(Cc3ccc4[nH]ccc4c3)C2)ncc1C(=O)N1CCCCC1. The van der Waals surface area contributed by atoms with E-state index in [0.29, 0.717) is 11.5 Å². The van der Waals surface area contributed by atoms with Crippen LogP contribution in [0, 0.1) is 6.92 Å². The second-order valence-electron chi connectivity index (χ2n) is 9.05. The second-order valence-corrected chi connectivity index (χ2v) is 9.05. The number of carbonyl (C=O) groups excluding carboxylic acids is 1. The van der Waals surface area contributed by atoms with Crippen molar-refractivity contribution in [1.29, 1.82) is 0 Å². The van der Waals surface area contributed by atoms with Crippen molar-refractivity contribution in [3.63, 3.8) is 0 Å². The van der Waals surface area contributed by atoms with Crippen LogP contribution in [0.4, 0.5) is 0 Å². The van der Waals surface area contributed by atoms with Crippen molar-refractivity contribution < 1.29 is 4.79 Å². The average Bonchev–Trinajstić information content (AvgIpc) is 3.27. The Morgan fingerprint density at radius 1 is 1.13 bits per heavy atom. The molecule has 4 heterocycles. The van der Waals surface area contributed by atoms with E-state index in [9.17, 15) is 4.79 Å². The van der Waals surface area contributed by atoms with E-state index in [2.05, 4.69) is 39.1 Å². The fraction of sp³-hybridized carbons (Fsp3) is 0.480. The Morgan fingerprint density at radius 2 is 2.00 bits per heavy atom. The lowest BCUT2D eigenvalue weighted by atomic mass is 9.96. The third-order valence-corrected chi connectivity index (χ3v) is 6.77. The molecule has 0 aliphatic carbocycles. The molecular formula is C25H31N5O. The predicted molar refractivity (Wildman–Crippen MR) is 122 cm³/mol. The summed E-state index contributed by atoms with van der Waals surface area (Å²) in [5.74, 6) is 1.30. The molecule has 31 heavy (non-hydrogen) atoms. The number of H-pyrrole nitrogens is 1. The van der Waals surface area contributed by atoms with Crippen molar-refractivity contribution in [1.82, 2.24) is 24.8 Å². The Labute approximate surface area is 183 Å². The molecule has 1 amide bonds. The number of hydrogen-bond acceptors (Lipinski definition) is 4. The van der Waals surface area contributed by atoms with E-state index in [0.717, 1.165) is 69.9 Å². The lowest BCUT2D eigenvalue weighted by Gasteiger charge is -2.32. The lowest BCUT2D eigenvalue weighted by molar-refractivity contribution is 0.0722. The van der Waals surface area contributed by atoms with Gasteiger partial charge < -0.3 is 9.88 Å². The van der Waals surface area contributed by atoms with Crippen molar-refractivity contribution in [3.8, 4) is 0 Å².